The maximum atomic E-state index is 13.3. The van der Waals surface area contributed by atoms with Crippen molar-refractivity contribution in [2.45, 2.75) is 23.1 Å². The van der Waals surface area contributed by atoms with Crippen molar-refractivity contribution in [3.05, 3.63) is 95.8 Å². The molecule has 1 aromatic heterocycles. The first-order valence-electron chi connectivity index (χ1n) is 10.7. The fraction of sp³-hybridized carbons (Fsp3) is 0.160. The molecule has 1 atom stereocenters. The second kappa shape index (κ2) is 11.6. The number of nitrogens with one attached hydrogen (secondary N) is 2. The summed E-state index contributed by atoms with van der Waals surface area (Å²) in [7, 11) is 0. The van der Waals surface area contributed by atoms with Crippen LogP contribution >= 0.6 is 23.1 Å². The molecule has 0 saturated heterocycles. The molecule has 0 radical (unpaired) electrons. The van der Waals surface area contributed by atoms with E-state index in [2.05, 4.69) is 20.8 Å². The molecule has 6 nitrogen and oxygen atoms in total. The molecule has 1 unspecified atom stereocenters. The Bertz CT molecular complexity index is 1220. The van der Waals surface area contributed by atoms with Gasteiger partial charge in [-0.15, -0.1) is 10.2 Å². The molecule has 34 heavy (non-hydrogen) atoms. The van der Waals surface area contributed by atoms with E-state index >= 15 is 0 Å². The van der Waals surface area contributed by atoms with Crippen molar-refractivity contribution in [2.75, 3.05) is 17.2 Å². The van der Waals surface area contributed by atoms with Gasteiger partial charge in [-0.1, -0.05) is 77.7 Å². The van der Waals surface area contributed by atoms with Crippen LogP contribution in [0.2, 0.25) is 0 Å². The van der Waals surface area contributed by atoms with Gasteiger partial charge in [0.05, 0.1) is 12.3 Å². The van der Waals surface area contributed by atoms with Crippen LogP contribution < -0.4 is 15.4 Å². The molecule has 0 bridgehead atoms. The molecule has 0 spiro atoms. The summed E-state index contributed by atoms with van der Waals surface area (Å²) >= 11 is 2.70. The molecule has 4 rings (SSSR count). The molecular formula is C25H23FN4O2S2. The first-order valence-corrected chi connectivity index (χ1v) is 12.4. The lowest BCUT2D eigenvalue weighted by molar-refractivity contribution is -0.115. The quantitative estimate of drug-likeness (QED) is 0.257. The summed E-state index contributed by atoms with van der Waals surface area (Å²) in [4.78, 5) is 13.3. The summed E-state index contributed by atoms with van der Waals surface area (Å²) in [6, 6.07) is 23.2. The fourth-order valence-corrected chi connectivity index (χ4v) is 5.10. The van der Waals surface area contributed by atoms with Crippen molar-refractivity contribution in [1.82, 2.24) is 10.2 Å². The van der Waals surface area contributed by atoms with E-state index in [0.717, 1.165) is 11.1 Å². The Balaban J connectivity index is 1.48. The Hall–Kier alpha value is -3.43. The second-order valence-electron chi connectivity index (χ2n) is 7.18. The van der Waals surface area contributed by atoms with Gasteiger partial charge in [0.25, 0.3) is 0 Å². The van der Waals surface area contributed by atoms with Crippen molar-refractivity contribution in [3.63, 3.8) is 0 Å². The number of carbonyl (C=O) groups excluding carboxylic acids is 1. The molecular weight excluding hydrogens is 471 g/mol. The third-order valence-electron chi connectivity index (χ3n) is 4.77. The number of hydrogen-bond donors (Lipinski definition) is 2. The Morgan fingerprint density at radius 3 is 2.53 bits per heavy atom. The molecule has 0 fully saturated rings. The molecule has 174 valence electrons. The third-order valence-corrected chi connectivity index (χ3v) is 6.99. The van der Waals surface area contributed by atoms with Crippen LogP contribution in [0.15, 0.2) is 83.2 Å². The highest BCUT2D eigenvalue weighted by atomic mass is 32.2. The average Bonchev–Trinajstić information content (AvgIpc) is 3.31. The average molecular weight is 495 g/mol. The minimum absolute atomic E-state index is 0.181. The van der Waals surface area contributed by atoms with Gasteiger partial charge in [0.15, 0.2) is 4.34 Å². The number of anilines is 2. The number of nitrogens with zero attached hydrogens (tertiary/aromatic N) is 2. The summed E-state index contributed by atoms with van der Waals surface area (Å²) in [5, 5.41) is 14.7. The van der Waals surface area contributed by atoms with E-state index in [-0.39, 0.29) is 11.7 Å². The molecule has 0 saturated carbocycles. The fourth-order valence-electron chi connectivity index (χ4n) is 3.16. The normalized spacial score (nSPS) is 11.6. The van der Waals surface area contributed by atoms with E-state index in [0.29, 0.717) is 34.1 Å². The Morgan fingerprint density at radius 1 is 1.03 bits per heavy atom. The number of carbonyl (C=O) groups is 1. The number of rotatable bonds is 10. The smallest absolute Gasteiger partial charge is 0.242 e. The van der Waals surface area contributed by atoms with Gasteiger partial charge < -0.3 is 15.4 Å². The maximum absolute atomic E-state index is 13.3. The van der Waals surface area contributed by atoms with Crippen LogP contribution in [-0.2, 0) is 11.3 Å². The standard InChI is InChI=1S/C25H23FN4O2S2/c1-2-32-21-11-7-6-10-20(21)28-23(31)22(18-8-4-3-5-9-18)33-25-30-29-24(34-25)27-16-17-12-14-19(26)15-13-17/h3-15,22H,2,16H2,1H3,(H,27,29)(H,28,31). The molecule has 2 N–H and O–H groups in total. The van der Waals surface area contributed by atoms with Crippen LogP contribution in [0.5, 0.6) is 5.75 Å². The number of hydrogen-bond acceptors (Lipinski definition) is 7. The van der Waals surface area contributed by atoms with Crippen molar-refractivity contribution in [3.8, 4) is 5.75 Å². The number of para-hydroxylation sites is 2. The lowest BCUT2D eigenvalue weighted by Gasteiger charge is -2.17. The molecule has 3 aromatic carbocycles. The van der Waals surface area contributed by atoms with Crippen LogP contribution in [0.4, 0.5) is 15.2 Å². The summed E-state index contributed by atoms with van der Waals surface area (Å²) in [6.07, 6.45) is 0. The molecule has 4 aromatic rings. The van der Waals surface area contributed by atoms with Crippen molar-refractivity contribution >= 4 is 39.8 Å². The highest BCUT2D eigenvalue weighted by Crippen LogP contribution is 2.39. The Morgan fingerprint density at radius 2 is 1.76 bits per heavy atom. The molecule has 0 aliphatic rings. The molecule has 9 heteroatoms. The Kier molecular flexibility index (Phi) is 8.11. The van der Waals surface area contributed by atoms with Gasteiger partial charge in [0.1, 0.15) is 16.8 Å². The predicted octanol–water partition coefficient (Wildman–Crippen LogP) is 6.16. The zero-order chi connectivity index (χ0) is 23.8. The van der Waals surface area contributed by atoms with Gasteiger partial charge in [-0.3, -0.25) is 4.79 Å². The van der Waals surface area contributed by atoms with Gasteiger partial charge in [-0.25, -0.2) is 4.39 Å². The van der Waals surface area contributed by atoms with E-state index in [1.54, 1.807) is 12.1 Å². The largest absolute Gasteiger partial charge is 0.492 e. The number of ether oxygens (including phenoxy) is 1. The van der Waals surface area contributed by atoms with E-state index in [1.165, 1.54) is 35.2 Å². The van der Waals surface area contributed by atoms with E-state index in [9.17, 15) is 9.18 Å². The number of aromatic nitrogens is 2. The van der Waals surface area contributed by atoms with E-state index < -0.39 is 5.25 Å². The first-order chi connectivity index (χ1) is 16.6. The lowest BCUT2D eigenvalue weighted by Crippen LogP contribution is -2.19. The van der Waals surface area contributed by atoms with Crippen LogP contribution in [0, 0.1) is 5.82 Å². The third kappa shape index (κ3) is 6.33. The van der Waals surface area contributed by atoms with Crippen LogP contribution in [-0.4, -0.2) is 22.7 Å². The van der Waals surface area contributed by atoms with Crippen molar-refractivity contribution in [2.24, 2.45) is 0 Å². The number of benzene rings is 3. The SMILES string of the molecule is CCOc1ccccc1NC(=O)C(Sc1nnc(NCc2ccc(F)cc2)s1)c1ccccc1. The molecule has 0 aliphatic carbocycles. The summed E-state index contributed by atoms with van der Waals surface area (Å²) in [5.74, 6) is 0.171. The number of amides is 1. The van der Waals surface area contributed by atoms with Crippen LogP contribution in [0.3, 0.4) is 0 Å². The topological polar surface area (TPSA) is 76.1 Å². The Labute approximate surface area is 205 Å². The van der Waals surface area contributed by atoms with Gasteiger partial charge in [-0.2, -0.15) is 0 Å². The summed E-state index contributed by atoms with van der Waals surface area (Å²) in [5.41, 5.74) is 2.41. The monoisotopic (exact) mass is 494 g/mol. The van der Waals surface area contributed by atoms with E-state index in [1.807, 2.05) is 61.5 Å². The lowest BCUT2D eigenvalue weighted by atomic mass is 10.1. The number of thioether (sulfide) groups is 1. The maximum Gasteiger partial charge on any atom is 0.242 e. The number of halogens is 1. The van der Waals surface area contributed by atoms with E-state index in [4.69, 9.17) is 4.74 Å². The highest BCUT2D eigenvalue weighted by molar-refractivity contribution is 8.02. The van der Waals surface area contributed by atoms with Crippen LogP contribution in [0.1, 0.15) is 23.3 Å². The molecule has 0 aliphatic heterocycles. The predicted molar refractivity (Wildman–Crippen MR) is 135 cm³/mol. The summed E-state index contributed by atoms with van der Waals surface area (Å²) in [6.45, 7) is 2.90. The van der Waals surface area contributed by atoms with Crippen molar-refractivity contribution < 1.29 is 13.9 Å². The van der Waals surface area contributed by atoms with Gasteiger partial charge in [0.2, 0.25) is 11.0 Å². The minimum atomic E-state index is -0.534. The zero-order valence-corrected chi connectivity index (χ0v) is 20.0. The summed E-state index contributed by atoms with van der Waals surface area (Å²) < 4.78 is 19.4. The zero-order valence-electron chi connectivity index (χ0n) is 18.4. The molecule has 1 amide bonds. The van der Waals surface area contributed by atoms with Crippen LogP contribution in [0.25, 0.3) is 0 Å². The van der Waals surface area contributed by atoms with Gasteiger partial charge in [-0.05, 0) is 42.3 Å². The van der Waals surface area contributed by atoms with Crippen molar-refractivity contribution in [1.29, 1.82) is 0 Å². The first kappa shape index (κ1) is 23.7. The van der Waals surface area contributed by atoms with Gasteiger partial charge in [0, 0.05) is 6.54 Å². The minimum Gasteiger partial charge on any atom is -0.492 e. The highest BCUT2D eigenvalue weighted by Gasteiger charge is 2.25. The second-order valence-corrected chi connectivity index (χ2v) is 9.51. The van der Waals surface area contributed by atoms with Gasteiger partial charge >= 0.3 is 0 Å². The molecule has 1 heterocycles.